The average Bonchev–Trinajstić information content (AvgIpc) is 2.55. The number of aliphatic hydroxyl groups is 1. The maximum absolute atomic E-state index is 11.8. The number of aromatic amines is 1. The molecule has 0 fully saturated rings. The lowest BCUT2D eigenvalue weighted by atomic mass is 10.1. The summed E-state index contributed by atoms with van der Waals surface area (Å²) in [7, 11) is 0. The molecule has 1 amide bonds. The van der Waals surface area contributed by atoms with Gasteiger partial charge in [0.05, 0.1) is 17.0 Å². The van der Waals surface area contributed by atoms with Crippen molar-refractivity contribution >= 4 is 11.6 Å². The average molecular weight is 240 g/mol. The Labute approximate surface area is 101 Å². The van der Waals surface area contributed by atoms with Crippen LogP contribution in [-0.2, 0) is 0 Å². The molecule has 5 N–H and O–H groups in total. The Balaban J connectivity index is 2.77. The van der Waals surface area contributed by atoms with Crippen molar-refractivity contribution in [3.63, 3.8) is 0 Å². The molecule has 96 valence electrons. The number of nitrogen functional groups attached to an aromatic ring is 1. The largest absolute Gasteiger partial charge is 0.395 e. The van der Waals surface area contributed by atoms with E-state index in [-0.39, 0.29) is 24.1 Å². The molecule has 6 nitrogen and oxygen atoms in total. The van der Waals surface area contributed by atoms with Gasteiger partial charge in [-0.3, -0.25) is 9.89 Å². The van der Waals surface area contributed by atoms with Crippen LogP contribution in [0.1, 0.15) is 49.8 Å². The van der Waals surface area contributed by atoms with Crippen LogP contribution >= 0.6 is 0 Å². The zero-order chi connectivity index (χ0) is 13.2. The molecule has 1 aromatic rings. The molecule has 0 radical (unpaired) electrons. The fourth-order valence-corrected chi connectivity index (χ4v) is 1.36. The molecule has 6 heteroatoms. The summed E-state index contributed by atoms with van der Waals surface area (Å²) in [5.74, 6) is -0.203. The van der Waals surface area contributed by atoms with E-state index >= 15 is 0 Å². The van der Waals surface area contributed by atoms with Gasteiger partial charge in [-0.05, 0) is 19.8 Å². The minimum absolute atomic E-state index is 0.148. The summed E-state index contributed by atoms with van der Waals surface area (Å²) in [5, 5.41) is 18.7. The van der Waals surface area contributed by atoms with E-state index in [1.54, 1.807) is 13.8 Å². The molecule has 0 aliphatic carbocycles. The summed E-state index contributed by atoms with van der Waals surface area (Å²) in [6.45, 7) is 7.29. The van der Waals surface area contributed by atoms with E-state index in [4.69, 9.17) is 5.73 Å². The second kappa shape index (κ2) is 4.75. The third-order valence-corrected chi connectivity index (χ3v) is 2.31. The van der Waals surface area contributed by atoms with Gasteiger partial charge in [0, 0.05) is 6.54 Å². The molecule has 17 heavy (non-hydrogen) atoms. The lowest BCUT2D eigenvalue weighted by Crippen LogP contribution is -2.38. The van der Waals surface area contributed by atoms with Crippen molar-refractivity contribution < 1.29 is 9.90 Å². The van der Waals surface area contributed by atoms with Crippen LogP contribution in [0.4, 0.5) is 5.69 Å². The van der Waals surface area contributed by atoms with Crippen LogP contribution < -0.4 is 11.1 Å². The molecule has 0 atom stereocenters. The highest BCUT2D eigenvalue weighted by molar-refractivity contribution is 5.97. The van der Waals surface area contributed by atoms with Gasteiger partial charge in [-0.2, -0.15) is 5.10 Å². The number of H-pyrrole nitrogens is 1. The zero-order valence-electron chi connectivity index (χ0n) is 10.7. The standard InChI is InChI=1S/C11H20N4O2/c1-6(2)8-7(12)9(15-14-8)10(16)13-5-11(3,4)17/h6,17H,5,12H2,1-4H3,(H,13,16)(H,14,15). The van der Waals surface area contributed by atoms with Crippen molar-refractivity contribution in [3.05, 3.63) is 11.4 Å². The first kappa shape index (κ1) is 13.5. The highest BCUT2D eigenvalue weighted by Gasteiger charge is 2.20. The van der Waals surface area contributed by atoms with Crippen LogP contribution in [-0.4, -0.2) is 33.4 Å². The van der Waals surface area contributed by atoms with Gasteiger partial charge in [-0.25, -0.2) is 0 Å². The molecule has 0 bridgehead atoms. The molecule has 0 saturated carbocycles. The minimum Gasteiger partial charge on any atom is -0.395 e. The maximum Gasteiger partial charge on any atom is 0.274 e. The number of carbonyl (C=O) groups is 1. The molecule has 1 heterocycles. The molecule has 1 rings (SSSR count). The van der Waals surface area contributed by atoms with Crippen molar-refractivity contribution in [3.8, 4) is 0 Å². The SMILES string of the molecule is CC(C)c1[nH]nc(C(=O)NCC(C)(C)O)c1N. The van der Waals surface area contributed by atoms with Crippen molar-refractivity contribution in [2.75, 3.05) is 12.3 Å². The lowest BCUT2D eigenvalue weighted by Gasteiger charge is -2.17. The number of carbonyl (C=O) groups excluding carboxylic acids is 1. The smallest absolute Gasteiger partial charge is 0.274 e. The number of nitrogens with two attached hydrogens (primary N) is 1. The molecule has 0 unspecified atom stereocenters. The molecule has 0 aliphatic heterocycles. The lowest BCUT2D eigenvalue weighted by molar-refractivity contribution is 0.0692. The maximum atomic E-state index is 11.8. The molecule has 0 aliphatic rings. The Hall–Kier alpha value is -1.56. The molecule has 0 aromatic carbocycles. The highest BCUT2D eigenvalue weighted by Crippen LogP contribution is 2.21. The van der Waals surface area contributed by atoms with Gasteiger partial charge in [0.1, 0.15) is 0 Å². The van der Waals surface area contributed by atoms with Crippen LogP contribution in [0, 0.1) is 0 Å². The van der Waals surface area contributed by atoms with Crippen molar-refractivity contribution in [2.45, 2.75) is 39.2 Å². The molecule has 0 saturated heterocycles. The van der Waals surface area contributed by atoms with Gasteiger partial charge < -0.3 is 16.2 Å². The van der Waals surface area contributed by atoms with Gasteiger partial charge in [0.2, 0.25) is 0 Å². The fourth-order valence-electron chi connectivity index (χ4n) is 1.36. The molecule has 1 aromatic heterocycles. The van der Waals surface area contributed by atoms with Crippen molar-refractivity contribution in [1.82, 2.24) is 15.5 Å². The van der Waals surface area contributed by atoms with Crippen LogP contribution in [0.3, 0.4) is 0 Å². The number of hydrogen-bond donors (Lipinski definition) is 4. The summed E-state index contributed by atoms with van der Waals surface area (Å²) < 4.78 is 0. The predicted molar refractivity (Wildman–Crippen MR) is 65.7 cm³/mol. The van der Waals surface area contributed by atoms with E-state index in [1.807, 2.05) is 13.8 Å². The monoisotopic (exact) mass is 240 g/mol. The summed E-state index contributed by atoms with van der Waals surface area (Å²) in [6.07, 6.45) is 0. The highest BCUT2D eigenvalue weighted by atomic mass is 16.3. The second-order valence-electron chi connectivity index (χ2n) is 5.05. The van der Waals surface area contributed by atoms with Crippen LogP contribution in [0.25, 0.3) is 0 Å². The van der Waals surface area contributed by atoms with Gasteiger partial charge in [-0.15, -0.1) is 0 Å². The van der Waals surface area contributed by atoms with Crippen LogP contribution in [0.2, 0.25) is 0 Å². The quantitative estimate of drug-likeness (QED) is 0.619. The zero-order valence-corrected chi connectivity index (χ0v) is 10.7. The Bertz CT molecular complexity index is 404. The Morgan fingerprint density at radius 2 is 2.18 bits per heavy atom. The summed E-state index contributed by atoms with van der Waals surface area (Å²) in [6, 6.07) is 0. The fraction of sp³-hybridized carbons (Fsp3) is 0.636. The number of anilines is 1. The molecular weight excluding hydrogens is 220 g/mol. The first-order valence-electron chi connectivity index (χ1n) is 5.56. The third kappa shape index (κ3) is 3.45. The van der Waals surface area contributed by atoms with Crippen molar-refractivity contribution in [1.29, 1.82) is 0 Å². The van der Waals surface area contributed by atoms with Gasteiger partial charge in [-0.1, -0.05) is 13.8 Å². The number of nitrogens with zero attached hydrogens (tertiary/aromatic N) is 1. The number of hydrogen-bond acceptors (Lipinski definition) is 4. The van der Waals surface area contributed by atoms with E-state index < -0.39 is 5.60 Å². The minimum atomic E-state index is -0.957. The summed E-state index contributed by atoms with van der Waals surface area (Å²) in [5.41, 5.74) is 6.17. The van der Waals surface area contributed by atoms with E-state index in [2.05, 4.69) is 15.5 Å². The second-order valence-corrected chi connectivity index (χ2v) is 5.05. The summed E-state index contributed by atoms with van der Waals surface area (Å²) in [4.78, 5) is 11.8. The first-order chi connectivity index (χ1) is 7.72. The molecule has 0 spiro atoms. The topological polar surface area (TPSA) is 104 Å². The predicted octanol–water partition coefficient (Wildman–Crippen LogP) is 0.616. The number of rotatable bonds is 4. The number of amides is 1. The van der Waals surface area contributed by atoms with Gasteiger partial charge >= 0.3 is 0 Å². The normalized spacial score (nSPS) is 11.9. The Kier molecular flexibility index (Phi) is 3.77. The van der Waals surface area contributed by atoms with Crippen LogP contribution in [0.5, 0.6) is 0 Å². The Morgan fingerprint density at radius 3 is 2.59 bits per heavy atom. The Morgan fingerprint density at radius 1 is 1.59 bits per heavy atom. The number of nitrogens with one attached hydrogen (secondary N) is 2. The number of aromatic nitrogens is 2. The van der Waals surface area contributed by atoms with E-state index in [9.17, 15) is 9.90 Å². The van der Waals surface area contributed by atoms with E-state index in [1.165, 1.54) is 0 Å². The van der Waals surface area contributed by atoms with Crippen LogP contribution in [0.15, 0.2) is 0 Å². The molecular formula is C11H20N4O2. The van der Waals surface area contributed by atoms with E-state index in [0.29, 0.717) is 5.69 Å². The summed E-state index contributed by atoms with van der Waals surface area (Å²) >= 11 is 0. The van der Waals surface area contributed by atoms with E-state index in [0.717, 1.165) is 5.69 Å². The van der Waals surface area contributed by atoms with Crippen molar-refractivity contribution in [2.24, 2.45) is 0 Å². The third-order valence-electron chi connectivity index (χ3n) is 2.31. The van der Waals surface area contributed by atoms with Gasteiger partial charge in [0.15, 0.2) is 5.69 Å². The van der Waals surface area contributed by atoms with Gasteiger partial charge in [0.25, 0.3) is 5.91 Å². The first-order valence-corrected chi connectivity index (χ1v) is 5.56.